The summed E-state index contributed by atoms with van der Waals surface area (Å²) in [6.07, 6.45) is 4.32. The van der Waals surface area contributed by atoms with Gasteiger partial charge in [0, 0.05) is 17.8 Å². The monoisotopic (exact) mass is 307 g/mol. The van der Waals surface area contributed by atoms with E-state index >= 15 is 0 Å². The Bertz CT molecular complexity index is 406. The number of nitrogens with one attached hydrogen (secondary N) is 2. The lowest BCUT2D eigenvalue weighted by Gasteiger charge is -2.18. The summed E-state index contributed by atoms with van der Waals surface area (Å²) in [7, 11) is 0. The van der Waals surface area contributed by atoms with Crippen LogP contribution in [0.1, 0.15) is 32.8 Å². The molecule has 1 rings (SSSR count). The third kappa shape index (κ3) is 8.00. The second-order valence-electron chi connectivity index (χ2n) is 5.34. The molecule has 1 aromatic carbocycles. The van der Waals surface area contributed by atoms with E-state index in [0.29, 0.717) is 11.3 Å². The zero-order chi connectivity index (χ0) is 15.5. The van der Waals surface area contributed by atoms with E-state index in [-0.39, 0.29) is 0 Å². The fraction of sp³-hybridized carbons (Fsp3) is 0.588. The number of benzene rings is 1. The number of rotatable bonds is 8. The molecule has 0 aromatic heterocycles. The molecule has 3 nitrogen and oxygen atoms in total. The molecule has 0 fully saturated rings. The Hall–Kier alpha value is -1.16. The first-order valence-electron chi connectivity index (χ1n) is 7.77. The molecular weight excluding hydrogens is 278 g/mol. The average Bonchev–Trinajstić information content (AvgIpc) is 2.51. The number of hydrogen-bond acceptors (Lipinski definition) is 2. The third-order valence-electron chi connectivity index (χ3n) is 3.35. The highest BCUT2D eigenvalue weighted by atomic mass is 32.2. The Labute approximate surface area is 134 Å². The van der Waals surface area contributed by atoms with Gasteiger partial charge in [-0.25, -0.2) is 0 Å². The van der Waals surface area contributed by atoms with Crippen molar-refractivity contribution in [2.24, 2.45) is 4.99 Å². The number of hydrogen-bond donors (Lipinski definition) is 2. The molecule has 2 atom stereocenters. The van der Waals surface area contributed by atoms with E-state index in [2.05, 4.69) is 73.0 Å². The second kappa shape index (κ2) is 10.6. The fourth-order valence-corrected chi connectivity index (χ4v) is 2.17. The summed E-state index contributed by atoms with van der Waals surface area (Å²) >= 11 is 1.85. The highest BCUT2D eigenvalue weighted by molar-refractivity contribution is 7.99. The maximum Gasteiger partial charge on any atom is 0.191 e. The van der Waals surface area contributed by atoms with Crippen LogP contribution < -0.4 is 10.6 Å². The van der Waals surface area contributed by atoms with Crippen molar-refractivity contribution in [2.75, 3.05) is 19.3 Å². The van der Waals surface area contributed by atoms with Crippen molar-refractivity contribution >= 4 is 17.7 Å². The number of aliphatic imine (C=N–C) groups is 1. The average molecular weight is 308 g/mol. The molecule has 0 aliphatic rings. The van der Waals surface area contributed by atoms with E-state index < -0.39 is 0 Å². The molecule has 2 N–H and O–H groups in total. The zero-order valence-corrected chi connectivity index (χ0v) is 14.5. The zero-order valence-electron chi connectivity index (χ0n) is 13.7. The number of aryl methyl sites for hydroxylation is 1. The van der Waals surface area contributed by atoms with Gasteiger partial charge in [-0.3, -0.25) is 4.99 Å². The van der Waals surface area contributed by atoms with Crippen molar-refractivity contribution in [1.82, 2.24) is 10.6 Å². The molecule has 21 heavy (non-hydrogen) atoms. The molecule has 1 aromatic rings. The minimum atomic E-state index is 0.410. The van der Waals surface area contributed by atoms with Crippen molar-refractivity contribution in [3.63, 3.8) is 0 Å². The summed E-state index contributed by atoms with van der Waals surface area (Å²) in [5.74, 6) is 0.930. The fourth-order valence-electron chi connectivity index (χ4n) is 1.95. The van der Waals surface area contributed by atoms with Crippen molar-refractivity contribution in [3.8, 4) is 0 Å². The molecule has 0 aliphatic heterocycles. The number of guanidine groups is 1. The molecule has 0 spiro atoms. The first-order valence-corrected chi connectivity index (χ1v) is 9.06. The lowest BCUT2D eigenvalue weighted by Crippen LogP contribution is -2.42. The van der Waals surface area contributed by atoms with Gasteiger partial charge in [0.2, 0.25) is 0 Å². The van der Waals surface area contributed by atoms with Crippen molar-refractivity contribution in [3.05, 3.63) is 35.9 Å². The third-order valence-corrected chi connectivity index (χ3v) is 4.30. The quantitative estimate of drug-likeness (QED) is 0.571. The highest BCUT2D eigenvalue weighted by Gasteiger charge is 2.06. The van der Waals surface area contributed by atoms with E-state index in [4.69, 9.17) is 0 Å². The molecule has 0 heterocycles. The first-order chi connectivity index (χ1) is 10.2. The topological polar surface area (TPSA) is 36.4 Å². The van der Waals surface area contributed by atoms with Crippen molar-refractivity contribution < 1.29 is 0 Å². The van der Waals surface area contributed by atoms with Gasteiger partial charge < -0.3 is 10.6 Å². The molecule has 2 unspecified atom stereocenters. The Balaban J connectivity index is 2.42. The lowest BCUT2D eigenvalue weighted by molar-refractivity contribution is 0.593. The van der Waals surface area contributed by atoms with Gasteiger partial charge in [0.25, 0.3) is 0 Å². The normalized spacial score (nSPS) is 14.6. The van der Waals surface area contributed by atoms with Gasteiger partial charge in [-0.1, -0.05) is 37.3 Å². The molecule has 0 aliphatic carbocycles. The van der Waals surface area contributed by atoms with Crippen LogP contribution in [0.4, 0.5) is 0 Å². The Morgan fingerprint density at radius 2 is 1.95 bits per heavy atom. The summed E-state index contributed by atoms with van der Waals surface area (Å²) in [6.45, 7) is 8.26. The standard InChI is InChI=1S/C17H29N3S/c1-5-18-17(19-13-15(3)21-4)20-14(2)11-12-16-9-7-6-8-10-16/h6-10,14-15H,5,11-13H2,1-4H3,(H2,18,19,20). The largest absolute Gasteiger partial charge is 0.357 e. The van der Waals surface area contributed by atoms with E-state index in [1.54, 1.807) is 0 Å². The van der Waals surface area contributed by atoms with Crippen molar-refractivity contribution in [2.45, 2.75) is 44.9 Å². The van der Waals surface area contributed by atoms with Crippen LogP contribution in [-0.2, 0) is 6.42 Å². The van der Waals surface area contributed by atoms with Gasteiger partial charge >= 0.3 is 0 Å². The van der Waals surface area contributed by atoms with E-state index in [0.717, 1.165) is 31.9 Å². The molecule has 0 amide bonds. The molecule has 4 heteroatoms. The molecular formula is C17H29N3S. The van der Waals surface area contributed by atoms with Crippen LogP contribution in [0.2, 0.25) is 0 Å². The summed E-state index contributed by atoms with van der Waals surface area (Å²) in [5, 5.41) is 7.37. The minimum absolute atomic E-state index is 0.410. The molecule has 118 valence electrons. The Morgan fingerprint density at radius 1 is 1.24 bits per heavy atom. The summed E-state index contributed by atoms with van der Waals surface area (Å²) in [5.41, 5.74) is 1.39. The number of nitrogens with zero attached hydrogens (tertiary/aromatic N) is 1. The van der Waals surface area contributed by atoms with E-state index in [1.807, 2.05) is 11.8 Å². The van der Waals surface area contributed by atoms with Gasteiger partial charge in [0.05, 0.1) is 6.54 Å². The summed E-state index contributed by atoms with van der Waals surface area (Å²) < 4.78 is 0. The van der Waals surface area contributed by atoms with Gasteiger partial charge in [-0.05, 0) is 38.5 Å². The second-order valence-corrected chi connectivity index (χ2v) is 6.61. The minimum Gasteiger partial charge on any atom is -0.357 e. The predicted molar refractivity (Wildman–Crippen MR) is 96.3 cm³/mol. The van der Waals surface area contributed by atoms with Gasteiger partial charge in [-0.15, -0.1) is 0 Å². The number of thioether (sulfide) groups is 1. The van der Waals surface area contributed by atoms with E-state index in [1.165, 1.54) is 5.56 Å². The van der Waals surface area contributed by atoms with Crippen LogP contribution in [0.25, 0.3) is 0 Å². The van der Waals surface area contributed by atoms with E-state index in [9.17, 15) is 0 Å². The van der Waals surface area contributed by atoms with Gasteiger partial charge in [0.1, 0.15) is 0 Å². The Kier molecular flexibility index (Phi) is 8.99. The van der Waals surface area contributed by atoms with Crippen molar-refractivity contribution in [1.29, 1.82) is 0 Å². The van der Waals surface area contributed by atoms with Crippen LogP contribution in [0, 0.1) is 0 Å². The summed E-state index contributed by atoms with van der Waals surface area (Å²) in [4.78, 5) is 4.65. The smallest absolute Gasteiger partial charge is 0.191 e. The van der Waals surface area contributed by atoms with Gasteiger partial charge in [-0.2, -0.15) is 11.8 Å². The summed E-state index contributed by atoms with van der Waals surface area (Å²) in [6, 6.07) is 11.0. The SMILES string of the molecule is CCNC(=NCC(C)SC)NC(C)CCc1ccccc1. The van der Waals surface area contributed by atoms with Crippen LogP contribution >= 0.6 is 11.8 Å². The Morgan fingerprint density at radius 3 is 2.57 bits per heavy atom. The first kappa shape index (κ1) is 17.9. The lowest BCUT2D eigenvalue weighted by atomic mass is 10.1. The molecule has 0 saturated heterocycles. The molecule has 0 radical (unpaired) electrons. The molecule has 0 bridgehead atoms. The van der Waals surface area contributed by atoms with Crippen LogP contribution in [0.15, 0.2) is 35.3 Å². The molecule has 0 saturated carbocycles. The predicted octanol–water partition coefficient (Wildman–Crippen LogP) is 3.31. The van der Waals surface area contributed by atoms with Crippen LogP contribution in [0.5, 0.6) is 0 Å². The maximum atomic E-state index is 4.65. The van der Waals surface area contributed by atoms with Crippen LogP contribution in [-0.4, -0.2) is 36.6 Å². The van der Waals surface area contributed by atoms with Gasteiger partial charge in [0.15, 0.2) is 5.96 Å². The highest BCUT2D eigenvalue weighted by Crippen LogP contribution is 2.06. The maximum absolute atomic E-state index is 4.65. The van der Waals surface area contributed by atoms with Crippen LogP contribution in [0.3, 0.4) is 0 Å².